The molecule has 0 bridgehead atoms. The number of nitrogens with one attached hydrogen (secondary N) is 1. The molecule has 0 aliphatic rings. The van der Waals surface area contributed by atoms with Crippen molar-refractivity contribution in [3.63, 3.8) is 0 Å². The van der Waals surface area contributed by atoms with E-state index in [9.17, 15) is 4.79 Å². The summed E-state index contributed by atoms with van der Waals surface area (Å²) in [5.74, 6) is -0.250. The second-order valence-electron chi connectivity index (χ2n) is 4.09. The lowest BCUT2D eigenvalue weighted by Crippen LogP contribution is -2.46. The average Bonchev–Trinajstić information content (AvgIpc) is 2.54. The van der Waals surface area contributed by atoms with Crippen LogP contribution in [-0.2, 0) is 16.1 Å². The SMILES string of the molecule is COC(=O)C(C)(C)NCc1cc(Br)c(C)s1. The van der Waals surface area contributed by atoms with E-state index in [4.69, 9.17) is 4.74 Å². The number of carbonyl (C=O) groups excluding carboxylic acids is 1. The van der Waals surface area contributed by atoms with E-state index in [1.165, 1.54) is 16.9 Å². The summed E-state index contributed by atoms with van der Waals surface area (Å²) in [6.07, 6.45) is 0. The number of hydrogen-bond donors (Lipinski definition) is 1. The third kappa shape index (κ3) is 3.30. The van der Waals surface area contributed by atoms with Crippen molar-refractivity contribution in [1.29, 1.82) is 0 Å². The van der Waals surface area contributed by atoms with Gasteiger partial charge in [-0.05, 0) is 42.8 Å². The van der Waals surface area contributed by atoms with Crippen molar-refractivity contribution in [2.45, 2.75) is 32.9 Å². The molecule has 5 heteroatoms. The number of hydrogen-bond acceptors (Lipinski definition) is 4. The number of esters is 1. The van der Waals surface area contributed by atoms with Gasteiger partial charge < -0.3 is 4.74 Å². The standard InChI is InChI=1S/C11H16BrNO2S/c1-7-9(12)5-8(16-7)6-13-11(2,3)10(14)15-4/h5,13H,6H2,1-4H3. The van der Waals surface area contributed by atoms with Crippen LogP contribution in [-0.4, -0.2) is 18.6 Å². The van der Waals surface area contributed by atoms with Gasteiger partial charge in [-0.25, -0.2) is 0 Å². The zero-order chi connectivity index (χ0) is 12.3. The maximum Gasteiger partial charge on any atom is 0.325 e. The Kier molecular flexibility index (Phi) is 4.52. The van der Waals surface area contributed by atoms with E-state index >= 15 is 0 Å². The van der Waals surface area contributed by atoms with Crippen LogP contribution in [0.25, 0.3) is 0 Å². The van der Waals surface area contributed by atoms with E-state index in [1.807, 2.05) is 13.8 Å². The molecule has 0 saturated heterocycles. The van der Waals surface area contributed by atoms with Crippen LogP contribution in [0, 0.1) is 6.92 Å². The van der Waals surface area contributed by atoms with Crippen LogP contribution in [0.5, 0.6) is 0 Å². The highest BCUT2D eigenvalue weighted by Crippen LogP contribution is 2.26. The Hall–Kier alpha value is -0.390. The minimum atomic E-state index is -0.654. The Morgan fingerprint density at radius 2 is 2.25 bits per heavy atom. The second-order valence-corrected chi connectivity index (χ2v) is 6.28. The first kappa shape index (κ1) is 13.7. The highest BCUT2D eigenvalue weighted by molar-refractivity contribution is 9.10. The highest BCUT2D eigenvalue weighted by atomic mass is 79.9. The number of rotatable bonds is 4. The largest absolute Gasteiger partial charge is 0.468 e. The molecule has 0 spiro atoms. The van der Waals surface area contributed by atoms with Crippen molar-refractivity contribution in [3.05, 3.63) is 20.3 Å². The molecule has 1 aromatic heterocycles. The Morgan fingerprint density at radius 1 is 1.62 bits per heavy atom. The summed E-state index contributed by atoms with van der Waals surface area (Å²) in [6, 6.07) is 2.07. The topological polar surface area (TPSA) is 38.3 Å². The fourth-order valence-corrected chi connectivity index (χ4v) is 2.78. The Labute approximate surface area is 108 Å². The summed E-state index contributed by atoms with van der Waals surface area (Å²) < 4.78 is 5.84. The minimum Gasteiger partial charge on any atom is -0.468 e. The van der Waals surface area contributed by atoms with Crippen LogP contribution in [0.15, 0.2) is 10.5 Å². The van der Waals surface area contributed by atoms with E-state index in [-0.39, 0.29) is 5.97 Å². The van der Waals surface area contributed by atoms with Crippen LogP contribution in [0.1, 0.15) is 23.6 Å². The predicted octanol–water partition coefficient (Wildman–Crippen LogP) is 2.86. The number of aryl methyl sites for hydroxylation is 1. The van der Waals surface area contributed by atoms with Crippen LogP contribution in [0.3, 0.4) is 0 Å². The molecule has 1 heterocycles. The summed E-state index contributed by atoms with van der Waals surface area (Å²) >= 11 is 5.18. The van der Waals surface area contributed by atoms with Gasteiger partial charge in [0.25, 0.3) is 0 Å². The molecule has 0 atom stereocenters. The number of methoxy groups -OCH3 is 1. The van der Waals surface area contributed by atoms with E-state index in [0.717, 1.165) is 4.47 Å². The monoisotopic (exact) mass is 305 g/mol. The van der Waals surface area contributed by atoms with Crippen LogP contribution in [0.4, 0.5) is 0 Å². The molecule has 0 aliphatic carbocycles. The number of carbonyl (C=O) groups is 1. The molecule has 16 heavy (non-hydrogen) atoms. The molecule has 0 saturated carbocycles. The summed E-state index contributed by atoms with van der Waals surface area (Å²) in [7, 11) is 1.40. The molecule has 1 rings (SSSR count). The molecule has 0 fully saturated rings. The quantitative estimate of drug-likeness (QED) is 0.869. The van der Waals surface area contributed by atoms with Gasteiger partial charge in [-0.2, -0.15) is 0 Å². The molecule has 3 nitrogen and oxygen atoms in total. The molecular weight excluding hydrogens is 290 g/mol. The molecule has 0 unspecified atom stereocenters. The van der Waals surface area contributed by atoms with E-state index in [0.29, 0.717) is 6.54 Å². The van der Waals surface area contributed by atoms with Gasteiger partial charge in [0.1, 0.15) is 5.54 Å². The zero-order valence-electron chi connectivity index (χ0n) is 9.89. The third-order valence-electron chi connectivity index (χ3n) is 2.31. The van der Waals surface area contributed by atoms with Crippen LogP contribution in [0.2, 0.25) is 0 Å². The summed E-state index contributed by atoms with van der Waals surface area (Å²) in [5.41, 5.74) is -0.654. The van der Waals surface area contributed by atoms with Crippen LogP contribution < -0.4 is 5.32 Å². The van der Waals surface area contributed by atoms with Gasteiger partial charge in [0.05, 0.1) is 7.11 Å². The molecule has 0 amide bonds. The predicted molar refractivity (Wildman–Crippen MR) is 69.7 cm³/mol. The van der Waals surface area contributed by atoms with Crippen molar-refractivity contribution in [2.75, 3.05) is 7.11 Å². The Bertz CT molecular complexity index is 368. The fourth-order valence-electron chi connectivity index (χ4n) is 1.24. The molecule has 1 N–H and O–H groups in total. The lowest BCUT2D eigenvalue weighted by atomic mass is 10.1. The van der Waals surface area contributed by atoms with Crippen molar-refractivity contribution in [1.82, 2.24) is 5.32 Å². The maximum atomic E-state index is 11.4. The lowest BCUT2D eigenvalue weighted by Gasteiger charge is -2.22. The van der Waals surface area contributed by atoms with Crippen molar-refractivity contribution in [3.8, 4) is 0 Å². The van der Waals surface area contributed by atoms with Gasteiger partial charge in [0, 0.05) is 20.8 Å². The number of thiophene rings is 1. The summed E-state index contributed by atoms with van der Waals surface area (Å²) in [4.78, 5) is 13.9. The van der Waals surface area contributed by atoms with Gasteiger partial charge in [0.15, 0.2) is 0 Å². The fraction of sp³-hybridized carbons (Fsp3) is 0.545. The zero-order valence-corrected chi connectivity index (χ0v) is 12.3. The Balaban J connectivity index is 2.60. The van der Waals surface area contributed by atoms with Gasteiger partial charge >= 0.3 is 5.97 Å². The molecule has 1 aromatic rings. The van der Waals surface area contributed by atoms with Gasteiger partial charge in [-0.1, -0.05) is 0 Å². The molecule has 0 aromatic carbocycles. The van der Waals surface area contributed by atoms with E-state index in [1.54, 1.807) is 11.3 Å². The van der Waals surface area contributed by atoms with E-state index in [2.05, 4.69) is 34.2 Å². The minimum absolute atomic E-state index is 0.250. The first-order valence-electron chi connectivity index (χ1n) is 4.95. The summed E-state index contributed by atoms with van der Waals surface area (Å²) in [6.45, 7) is 6.35. The normalized spacial score (nSPS) is 11.6. The number of ether oxygens (including phenoxy) is 1. The van der Waals surface area contributed by atoms with Gasteiger partial charge in [-0.15, -0.1) is 11.3 Å². The maximum absolute atomic E-state index is 11.4. The van der Waals surface area contributed by atoms with E-state index < -0.39 is 5.54 Å². The molecule has 0 radical (unpaired) electrons. The lowest BCUT2D eigenvalue weighted by molar-refractivity contribution is -0.147. The van der Waals surface area contributed by atoms with Crippen LogP contribution >= 0.6 is 27.3 Å². The number of halogens is 1. The Morgan fingerprint density at radius 3 is 2.69 bits per heavy atom. The van der Waals surface area contributed by atoms with Crippen molar-refractivity contribution >= 4 is 33.2 Å². The molecular formula is C11H16BrNO2S. The summed E-state index contributed by atoms with van der Waals surface area (Å²) in [5, 5.41) is 3.18. The van der Waals surface area contributed by atoms with Gasteiger partial charge in [0.2, 0.25) is 0 Å². The highest BCUT2D eigenvalue weighted by Gasteiger charge is 2.27. The molecule has 0 aliphatic heterocycles. The van der Waals surface area contributed by atoms with Gasteiger partial charge in [-0.3, -0.25) is 10.1 Å². The average molecular weight is 306 g/mol. The molecule has 90 valence electrons. The van der Waals surface area contributed by atoms with Crippen molar-refractivity contribution in [2.24, 2.45) is 0 Å². The van der Waals surface area contributed by atoms with Crippen molar-refractivity contribution < 1.29 is 9.53 Å². The first-order valence-corrected chi connectivity index (χ1v) is 6.56. The first-order chi connectivity index (χ1) is 7.36. The third-order valence-corrected chi connectivity index (χ3v) is 4.45. The smallest absolute Gasteiger partial charge is 0.325 e. The second kappa shape index (κ2) is 5.29.